The monoisotopic (exact) mass is 341 g/mol. The molecular weight excluding hydrogens is 317 g/mol. The zero-order chi connectivity index (χ0) is 17.4. The van der Waals surface area contributed by atoms with Crippen LogP contribution in [0.25, 0.3) is 0 Å². The topological polar surface area (TPSA) is 38.1 Å². The van der Waals surface area contributed by atoms with Crippen LogP contribution < -0.4 is 0 Å². The standard InChI is InChI=1S/C20H24FN3O/c1-14-11-22-23(12-14)13-17-7-2-3-8-24(17)20(25)19-10-18(19)15-5-4-6-16(21)9-15/h4-6,9,11-12,17-19H,2-3,7-8,10,13H2,1H3/t17-,18-,19-/m0/s1. The number of aromatic nitrogens is 2. The number of nitrogens with zero attached hydrogens (tertiary/aromatic N) is 3. The van der Waals surface area contributed by atoms with Gasteiger partial charge in [0.1, 0.15) is 5.82 Å². The van der Waals surface area contributed by atoms with Crippen LogP contribution in [0.4, 0.5) is 4.39 Å². The van der Waals surface area contributed by atoms with E-state index in [0.717, 1.165) is 49.9 Å². The van der Waals surface area contributed by atoms with E-state index in [-0.39, 0.29) is 29.6 Å². The van der Waals surface area contributed by atoms with Crippen LogP contribution in [0.5, 0.6) is 0 Å². The Kier molecular flexibility index (Phi) is 4.32. The van der Waals surface area contributed by atoms with Gasteiger partial charge in [0, 0.05) is 18.7 Å². The van der Waals surface area contributed by atoms with Gasteiger partial charge in [-0.25, -0.2) is 4.39 Å². The van der Waals surface area contributed by atoms with Gasteiger partial charge in [-0.1, -0.05) is 12.1 Å². The lowest BCUT2D eigenvalue weighted by Crippen LogP contribution is -2.46. The van der Waals surface area contributed by atoms with Gasteiger partial charge in [0.05, 0.1) is 18.8 Å². The van der Waals surface area contributed by atoms with Crippen LogP contribution in [0.3, 0.4) is 0 Å². The van der Waals surface area contributed by atoms with E-state index in [4.69, 9.17) is 0 Å². The van der Waals surface area contributed by atoms with E-state index in [0.29, 0.717) is 0 Å². The van der Waals surface area contributed by atoms with Crippen molar-refractivity contribution < 1.29 is 9.18 Å². The number of piperidine rings is 1. The van der Waals surface area contributed by atoms with Gasteiger partial charge in [-0.15, -0.1) is 0 Å². The molecule has 25 heavy (non-hydrogen) atoms. The summed E-state index contributed by atoms with van der Waals surface area (Å²) >= 11 is 0. The second-order valence-corrected chi connectivity index (χ2v) is 7.42. The van der Waals surface area contributed by atoms with Crippen molar-refractivity contribution in [2.45, 2.75) is 51.1 Å². The molecule has 1 saturated heterocycles. The number of benzene rings is 1. The molecule has 0 bridgehead atoms. The Morgan fingerprint density at radius 3 is 3.00 bits per heavy atom. The molecule has 2 heterocycles. The first-order valence-electron chi connectivity index (χ1n) is 9.17. The molecule has 2 fully saturated rings. The summed E-state index contributed by atoms with van der Waals surface area (Å²) in [5, 5.41) is 4.37. The molecule has 1 aromatic heterocycles. The Morgan fingerprint density at radius 2 is 2.24 bits per heavy atom. The quantitative estimate of drug-likeness (QED) is 0.853. The van der Waals surface area contributed by atoms with Crippen molar-refractivity contribution in [1.29, 1.82) is 0 Å². The second kappa shape index (κ2) is 6.62. The predicted octanol–water partition coefficient (Wildman–Crippen LogP) is 3.52. The summed E-state index contributed by atoms with van der Waals surface area (Å²) in [5.74, 6) is 0.211. The molecule has 3 atom stereocenters. The summed E-state index contributed by atoms with van der Waals surface area (Å²) in [4.78, 5) is 15.1. The van der Waals surface area contributed by atoms with Gasteiger partial charge in [-0.2, -0.15) is 5.10 Å². The lowest BCUT2D eigenvalue weighted by molar-refractivity contribution is -0.136. The van der Waals surface area contributed by atoms with Crippen molar-refractivity contribution in [3.63, 3.8) is 0 Å². The molecule has 1 aliphatic heterocycles. The zero-order valence-corrected chi connectivity index (χ0v) is 14.6. The summed E-state index contributed by atoms with van der Waals surface area (Å²) in [6.07, 6.45) is 7.98. The molecule has 0 radical (unpaired) electrons. The third kappa shape index (κ3) is 3.46. The average Bonchev–Trinajstić information content (AvgIpc) is 3.31. The van der Waals surface area contributed by atoms with Crippen LogP contribution in [-0.2, 0) is 11.3 Å². The maximum absolute atomic E-state index is 13.4. The van der Waals surface area contributed by atoms with Crippen molar-refractivity contribution >= 4 is 5.91 Å². The van der Waals surface area contributed by atoms with Crippen molar-refractivity contribution in [2.24, 2.45) is 5.92 Å². The smallest absolute Gasteiger partial charge is 0.226 e. The van der Waals surface area contributed by atoms with E-state index < -0.39 is 0 Å². The SMILES string of the molecule is Cc1cnn(C[C@@H]2CCCCN2C(=O)[C@H]2C[C@H]2c2cccc(F)c2)c1. The van der Waals surface area contributed by atoms with Gasteiger partial charge in [0.2, 0.25) is 5.91 Å². The van der Waals surface area contributed by atoms with Crippen LogP contribution in [0.2, 0.25) is 0 Å². The maximum Gasteiger partial charge on any atom is 0.226 e. The van der Waals surface area contributed by atoms with E-state index in [1.807, 2.05) is 30.1 Å². The molecule has 2 aromatic rings. The van der Waals surface area contributed by atoms with Crippen LogP contribution in [0.15, 0.2) is 36.7 Å². The van der Waals surface area contributed by atoms with Gasteiger partial charge in [0.15, 0.2) is 0 Å². The van der Waals surface area contributed by atoms with Gasteiger partial charge >= 0.3 is 0 Å². The molecule has 0 unspecified atom stereocenters. The fourth-order valence-electron chi connectivity index (χ4n) is 4.05. The van der Waals surface area contributed by atoms with Crippen LogP contribution in [0.1, 0.15) is 42.7 Å². The molecule has 0 N–H and O–H groups in total. The number of hydrogen-bond acceptors (Lipinski definition) is 2. The van der Waals surface area contributed by atoms with E-state index in [1.54, 1.807) is 12.1 Å². The number of carbonyl (C=O) groups excluding carboxylic acids is 1. The lowest BCUT2D eigenvalue weighted by atomic mass is 10.0. The summed E-state index contributed by atoms with van der Waals surface area (Å²) in [6.45, 7) is 3.62. The number of amides is 1. The molecule has 132 valence electrons. The van der Waals surface area contributed by atoms with Gasteiger partial charge < -0.3 is 4.90 Å². The normalized spacial score (nSPS) is 25.8. The molecule has 1 amide bonds. The summed E-state index contributed by atoms with van der Waals surface area (Å²) in [5.41, 5.74) is 2.09. The highest BCUT2D eigenvalue weighted by Gasteiger charge is 2.47. The molecule has 2 aliphatic rings. The Bertz CT molecular complexity index is 772. The molecule has 1 aliphatic carbocycles. The van der Waals surface area contributed by atoms with Crippen molar-refractivity contribution in [2.75, 3.05) is 6.54 Å². The highest BCUT2D eigenvalue weighted by molar-refractivity contribution is 5.83. The molecule has 4 nitrogen and oxygen atoms in total. The van der Waals surface area contributed by atoms with Crippen molar-refractivity contribution in [3.05, 3.63) is 53.6 Å². The van der Waals surface area contributed by atoms with E-state index in [1.165, 1.54) is 6.07 Å². The predicted molar refractivity (Wildman–Crippen MR) is 93.6 cm³/mol. The number of halogens is 1. The first-order valence-corrected chi connectivity index (χ1v) is 9.17. The number of likely N-dealkylation sites (tertiary alicyclic amines) is 1. The number of aryl methyl sites for hydroxylation is 1. The molecular formula is C20H24FN3O. The molecule has 4 rings (SSSR count). The van der Waals surface area contributed by atoms with Crippen molar-refractivity contribution in [1.82, 2.24) is 14.7 Å². The Hall–Kier alpha value is -2.17. The zero-order valence-electron chi connectivity index (χ0n) is 14.6. The summed E-state index contributed by atoms with van der Waals surface area (Å²) in [6, 6.07) is 6.90. The first-order chi connectivity index (χ1) is 12.1. The Balaban J connectivity index is 1.44. The Morgan fingerprint density at radius 1 is 1.36 bits per heavy atom. The number of hydrogen-bond donors (Lipinski definition) is 0. The van der Waals surface area contributed by atoms with Crippen LogP contribution >= 0.6 is 0 Å². The van der Waals surface area contributed by atoms with Crippen LogP contribution in [0, 0.1) is 18.7 Å². The minimum absolute atomic E-state index is 0.0155. The fourth-order valence-corrected chi connectivity index (χ4v) is 4.05. The highest BCUT2D eigenvalue weighted by atomic mass is 19.1. The molecule has 1 saturated carbocycles. The van der Waals surface area contributed by atoms with Gasteiger partial charge in [0.25, 0.3) is 0 Å². The number of carbonyl (C=O) groups is 1. The molecule has 0 spiro atoms. The minimum atomic E-state index is -0.222. The highest BCUT2D eigenvalue weighted by Crippen LogP contribution is 2.49. The summed E-state index contributed by atoms with van der Waals surface area (Å²) in [7, 11) is 0. The average molecular weight is 341 g/mol. The lowest BCUT2D eigenvalue weighted by Gasteiger charge is -2.36. The third-order valence-electron chi connectivity index (χ3n) is 5.45. The Labute approximate surface area is 147 Å². The van der Waals surface area contributed by atoms with E-state index in [9.17, 15) is 9.18 Å². The maximum atomic E-state index is 13.4. The van der Waals surface area contributed by atoms with Crippen LogP contribution in [-0.4, -0.2) is 33.2 Å². The molecule has 1 aromatic carbocycles. The van der Waals surface area contributed by atoms with Crippen molar-refractivity contribution in [3.8, 4) is 0 Å². The van der Waals surface area contributed by atoms with Gasteiger partial charge in [-0.05, 0) is 61.8 Å². The van der Waals surface area contributed by atoms with Gasteiger partial charge in [-0.3, -0.25) is 9.48 Å². The largest absolute Gasteiger partial charge is 0.338 e. The first kappa shape index (κ1) is 16.3. The second-order valence-electron chi connectivity index (χ2n) is 7.42. The van der Waals surface area contributed by atoms with E-state index in [2.05, 4.69) is 10.00 Å². The summed E-state index contributed by atoms with van der Waals surface area (Å²) < 4.78 is 15.4. The third-order valence-corrected chi connectivity index (χ3v) is 5.45. The minimum Gasteiger partial charge on any atom is -0.338 e. The number of rotatable bonds is 4. The molecule has 5 heteroatoms. The fraction of sp³-hybridized carbons (Fsp3) is 0.500. The van der Waals surface area contributed by atoms with E-state index >= 15 is 0 Å².